The second-order valence-corrected chi connectivity index (χ2v) is 5.32. The molecule has 1 heterocycles. The maximum atomic E-state index is 3.62. The summed E-state index contributed by atoms with van der Waals surface area (Å²) in [6.45, 7) is 5.25. The molecular weight excluding hydrogens is 244 g/mol. The summed E-state index contributed by atoms with van der Waals surface area (Å²) in [4.78, 5) is 3.32. The van der Waals surface area contributed by atoms with Gasteiger partial charge in [-0.25, -0.2) is 0 Å². The van der Waals surface area contributed by atoms with Crippen molar-refractivity contribution in [1.82, 2.24) is 10.3 Å². The largest absolute Gasteiger partial charge is 0.361 e. The Balaban J connectivity index is 1.76. The van der Waals surface area contributed by atoms with Crippen molar-refractivity contribution in [1.29, 1.82) is 0 Å². The lowest BCUT2D eigenvalue weighted by Crippen LogP contribution is -2.19. The molecule has 0 aliphatic carbocycles. The molecule has 0 bridgehead atoms. The third kappa shape index (κ3) is 2.47. The second-order valence-electron chi connectivity index (χ2n) is 5.32. The zero-order valence-corrected chi connectivity index (χ0v) is 12.0. The predicted molar refractivity (Wildman–Crippen MR) is 84.7 cm³/mol. The first-order valence-corrected chi connectivity index (χ1v) is 7.09. The molecule has 0 radical (unpaired) electrons. The monoisotopic (exact) mass is 264 g/mol. The SMILES string of the molecule is Cc1ccccc1[C@@H](C)NCc1cccc2cc[nH]c12. The van der Waals surface area contributed by atoms with Crippen LogP contribution < -0.4 is 5.32 Å². The highest BCUT2D eigenvalue weighted by Crippen LogP contribution is 2.20. The maximum absolute atomic E-state index is 3.62. The van der Waals surface area contributed by atoms with E-state index in [4.69, 9.17) is 0 Å². The Hall–Kier alpha value is -2.06. The Kier molecular flexibility index (Phi) is 3.57. The number of aromatic amines is 1. The molecule has 0 saturated heterocycles. The number of hydrogen-bond donors (Lipinski definition) is 2. The number of aromatic nitrogens is 1. The maximum Gasteiger partial charge on any atom is 0.0499 e. The number of fused-ring (bicyclic) bond motifs is 1. The van der Waals surface area contributed by atoms with Gasteiger partial charge in [0.2, 0.25) is 0 Å². The molecule has 1 atom stereocenters. The smallest absolute Gasteiger partial charge is 0.0499 e. The Morgan fingerprint density at radius 2 is 1.90 bits per heavy atom. The van der Waals surface area contributed by atoms with Crippen molar-refractivity contribution >= 4 is 10.9 Å². The lowest BCUT2D eigenvalue weighted by Gasteiger charge is -2.17. The first-order chi connectivity index (χ1) is 9.75. The van der Waals surface area contributed by atoms with E-state index in [1.807, 2.05) is 6.20 Å². The minimum absolute atomic E-state index is 0.349. The van der Waals surface area contributed by atoms with E-state index in [-0.39, 0.29) is 0 Å². The van der Waals surface area contributed by atoms with Gasteiger partial charge < -0.3 is 10.3 Å². The summed E-state index contributed by atoms with van der Waals surface area (Å²) in [5, 5.41) is 4.89. The Morgan fingerprint density at radius 1 is 1.05 bits per heavy atom. The molecule has 0 saturated carbocycles. The van der Waals surface area contributed by atoms with Gasteiger partial charge in [0.25, 0.3) is 0 Å². The van der Waals surface area contributed by atoms with E-state index < -0.39 is 0 Å². The molecule has 0 spiro atoms. The van der Waals surface area contributed by atoms with Crippen molar-refractivity contribution in [3.63, 3.8) is 0 Å². The van der Waals surface area contributed by atoms with E-state index in [9.17, 15) is 0 Å². The molecule has 2 N–H and O–H groups in total. The summed E-state index contributed by atoms with van der Waals surface area (Å²) in [6.07, 6.45) is 2.00. The van der Waals surface area contributed by atoms with Crippen molar-refractivity contribution < 1.29 is 0 Å². The topological polar surface area (TPSA) is 27.8 Å². The highest BCUT2D eigenvalue weighted by molar-refractivity contribution is 5.82. The molecule has 102 valence electrons. The highest BCUT2D eigenvalue weighted by atomic mass is 14.9. The van der Waals surface area contributed by atoms with E-state index in [1.165, 1.54) is 27.6 Å². The van der Waals surface area contributed by atoms with Gasteiger partial charge in [0.05, 0.1) is 0 Å². The van der Waals surface area contributed by atoms with Crippen LogP contribution in [0.2, 0.25) is 0 Å². The minimum atomic E-state index is 0.349. The number of rotatable bonds is 4. The molecule has 0 aliphatic rings. The van der Waals surface area contributed by atoms with Crippen molar-refractivity contribution in [2.75, 3.05) is 0 Å². The van der Waals surface area contributed by atoms with Gasteiger partial charge >= 0.3 is 0 Å². The standard InChI is InChI=1S/C18H20N2/c1-13-6-3-4-9-17(13)14(2)20-12-16-8-5-7-15-10-11-19-18(15)16/h3-11,14,19-20H,12H2,1-2H3/t14-/m1/s1. The minimum Gasteiger partial charge on any atom is -0.361 e. The molecule has 20 heavy (non-hydrogen) atoms. The molecule has 0 fully saturated rings. The summed E-state index contributed by atoms with van der Waals surface area (Å²) in [6, 6.07) is 17.5. The zero-order chi connectivity index (χ0) is 13.9. The highest BCUT2D eigenvalue weighted by Gasteiger charge is 2.08. The van der Waals surface area contributed by atoms with Gasteiger partial charge in [-0.15, -0.1) is 0 Å². The molecule has 0 amide bonds. The van der Waals surface area contributed by atoms with Crippen LogP contribution in [0.25, 0.3) is 10.9 Å². The van der Waals surface area contributed by atoms with E-state index in [1.54, 1.807) is 0 Å². The van der Waals surface area contributed by atoms with Crippen LogP contribution in [-0.2, 0) is 6.54 Å². The third-order valence-electron chi connectivity index (χ3n) is 3.93. The van der Waals surface area contributed by atoms with Crippen LogP contribution in [-0.4, -0.2) is 4.98 Å². The van der Waals surface area contributed by atoms with Gasteiger partial charge in [0.1, 0.15) is 0 Å². The van der Waals surface area contributed by atoms with Gasteiger partial charge in [-0.2, -0.15) is 0 Å². The van der Waals surface area contributed by atoms with Crippen LogP contribution in [0, 0.1) is 6.92 Å². The lowest BCUT2D eigenvalue weighted by molar-refractivity contribution is 0.573. The molecule has 2 aromatic carbocycles. The first kappa shape index (κ1) is 12.9. The number of H-pyrrole nitrogens is 1. The number of aryl methyl sites for hydroxylation is 1. The number of para-hydroxylation sites is 1. The Morgan fingerprint density at radius 3 is 2.75 bits per heavy atom. The van der Waals surface area contributed by atoms with Gasteiger partial charge in [0.15, 0.2) is 0 Å². The quantitative estimate of drug-likeness (QED) is 0.721. The third-order valence-corrected chi connectivity index (χ3v) is 3.93. The molecule has 3 aromatic rings. The summed E-state index contributed by atoms with van der Waals surface area (Å²) in [7, 11) is 0. The van der Waals surface area contributed by atoms with Crippen molar-refractivity contribution in [2.24, 2.45) is 0 Å². The van der Waals surface area contributed by atoms with Crippen LogP contribution in [0.15, 0.2) is 54.7 Å². The zero-order valence-electron chi connectivity index (χ0n) is 12.0. The van der Waals surface area contributed by atoms with E-state index in [0.29, 0.717) is 6.04 Å². The summed E-state index contributed by atoms with van der Waals surface area (Å²) < 4.78 is 0. The summed E-state index contributed by atoms with van der Waals surface area (Å²) >= 11 is 0. The molecule has 2 heteroatoms. The average Bonchev–Trinajstić information content (AvgIpc) is 2.94. The number of hydrogen-bond acceptors (Lipinski definition) is 1. The van der Waals surface area contributed by atoms with Crippen LogP contribution in [0.1, 0.15) is 29.7 Å². The fourth-order valence-corrected chi connectivity index (χ4v) is 2.74. The predicted octanol–water partition coefficient (Wildman–Crippen LogP) is 4.33. The lowest BCUT2D eigenvalue weighted by atomic mass is 10.0. The molecule has 2 nitrogen and oxygen atoms in total. The summed E-state index contributed by atoms with van der Waals surface area (Å²) in [5.74, 6) is 0. The van der Waals surface area contributed by atoms with Crippen LogP contribution in [0.4, 0.5) is 0 Å². The first-order valence-electron chi connectivity index (χ1n) is 7.09. The number of benzene rings is 2. The van der Waals surface area contributed by atoms with Crippen molar-refractivity contribution in [2.45, 2.75) is 26.4 Å². The van der Waals surface area contributed by atoms with Gasteiger partial charge in [0, 0.05) is 24.3 Å². The molecule has 0 aliphatic heterocycles. The fourth-order valence-electron chi connectivity index (χ4n) is 2.74. The second kappa shape index (κ2) is 5.51. The van der Waals surface area contributed by atoms with Crippen molar-refractivity contribution in [3.05, 3.63) is 71.4 Å². The molecule has 0 unspecified atom stereocenters. The van der Waals surface area contributed by atoms with Crippen LogP contribution >= 0.6 is 0 Å². The fraction of sp³-hybridized carbons (Fsp3) is 0.222. The van der Waals surface area contributed by atoms with Crippen LogP contribution in [0.3, 0.4) is 0 Å². The van der Waals surface area contributed by atoms with Crippen LogP contribution in [0.5, 0.6) is 0 Å². The normalized spacial score (nSPS) is 12.7. The molecule has 1 aromatic heterocycles. The van der Waals surface area contributed by atoms with E-state index in [2.05, 4.69) is 72.7 Å². The molecular formula is C18H20N2. The number of nitrogens with one attached hydrogen (secondary N) is 2. The Bertz CT molecular complexity index is 712. The molecule has 3 rings (SSSR count). The van der Waals surface area contributed by atoms with E-state index in [0.717, 1.165) is 6.54 Å². The van der Waals surface area contributed by atoms with Gasteiger partial charge in [-0.1, -0.05) is 42.5 Å². The van der Waals surface area contributed by atoms with Gasteiger partial charge in [-0.05, 0) is 42.0 Å². The van der Waals surface area contributed by atoms with Gasteiger partial charge in [-0.3, -0.25) is 0 Å². The van der Waals surface area contributed by atoms with Crippen molar-refractivity contribution in [3.8, 4) is 0 Å². The average molecular weight is 264 g/mol. The Labute approximate surface area is 119 Å². The summed E-state index contributed by atoms with van der Waals surface area (Å²) in [5.41, 5.74) is 5.25. The van der Waals surface area contributed by atoms with E-state index >= 15 is 0 Å².